The predicted molar refractivity (Wildman–Crippen MR) is 37.2 cm³/mol. The van der Waals surface area contributed by atoms with E-state index in [1.54, 1.807) is 0 Å². The van der Waals surface area contributed by atoms with Gasteiger partial charge in [0.1, 0.15) is 0 Å². The molecule has 1 rings (SSSR count). The topological polar surface area (TPSA) is 44.8 Å². The van der Waals surface area contributed by atoms with Crippen molar-refractivity contribution in [2.75, 3.05) is 19.8 Å². The molecule has 1 aliphatic heterocycles. The van der Waals surface area contributed by atoms with Gasteiger partial charge in [-0.25, -0.2) is 0 Å². The van der Waals surface area contributed by atoms with Gasteiger partial charge in [-0.1, -0.05) is 0 Å². The average molecular weight is 160 g/mol. The van der Waals surface area contributed by atoms with Gasteiger partial charge in [0.2, 0.25) is 0 Å². The van der Waals surface area contributed by atoms with Gasteiger partial charge in [0.25, 0.3) is 0 Å². The van der Waals surface area contributed by atoms with Crippen LogP contribution in [0.3, 0.4) is 0 Å². The van der Waals surface area contributed by atoms with Crippen molar-refractivity contribution in [3.63, 3.8) is 0 Å². The van der Waals surface area contributed by atoms with E-state index < -0.39 is 12.4 Å². The molecular weight excluding hydrogens is 148 g/mol. The van der Waals surface area contributed by atoms with Crippen LogP contribution >= 0.6 is 0 Å². The SMILES string of the molecule is CCOC1OCCOC1C=O. The molecule has 0 aromatic carbocycles. The highest BCUT2D eigenvalue weighted by molar-refractivity contribution is 5.56. The molecule has 0 spiro atoms. The summed E-state index contributed by atoms with van der Waals surface area (Å²) in [5.74, 6) is 0. The Kier molecular flexibility index (Phi) is 3.48. The van der Waals surface area contributed by atoms with Crippen LogP contribution in [-0.4, -0.2) is 38.5 Å². The van der Waals surface area contributed by atoms with Gasteiger partial charge < -0.3 is 19.0 Å². The average Bonchev–Trinajstić information content (AvgIpc) is 2.06. The normalized spacial score (nSPS) is 31.7. The Labute approximate surface area is 65.4 Å². The van der Waals surface area contributed by atoms with Gasteiger partial charge in [0, 0.05) is 6.61 Å². The third-order valence-corrected chi connectivity index (χ3v) is 1.41. The fourth-order valence-electron chi connectivity index (χ4n) is 0.933. The Balaban J connectivity index is 2.37. The van der Waals surface area contributed by atoms with Crippen LogP contribution in [0.4, 0.5) is 0 Å². The zero-order chi connectivity index (χ0) is 8.10. The lowest BCUT2D eigenvalue weighted by Crippen LogP contribution is -2.41. The molecule has 1 aliphatic rings. The van der Waals surface area contributed by atoms with Gasteiger partial charge in [-0.05, 0) is 6.92 Å². The summed E-state index contributed by atoms with van der Waals surface area (Å²) >= 11 is 0. The van der Waals surface area contributed by atoms with E-state index in [1.165, 1.54) is 0 Å². The minimum atomic E-state index is -0.552. The van der Waals surface area contributed by atoms with Crippen LogP contribution in [0.2, 0.25) is 0 Å². The lowest BCUT2D eigenvalue weighted by atomic mass is 10.3. The van der Waals surface area contributed by atoms with Gasteiger partial charge in [-0.3, -0.25) is 0 Å². The number of carbonyl (C=O) groups is 1. The molecule has 11 heavy (non-hydrogen) atoms. The van der Waals surface area contributed by atoms with Crippen LogP contribution in [0.15, 0.2) is 0 Å². The molecule has 0 aromatic rings. The molecule has 1 saturated heterocycles. The van der Waals surface area contributed by atoms with Crippen LogP contribution in [0.5, 0.6) is 0 Å². The van der Waals surface area contributed by atoms with Crippen LogP contribution in [-0.2, 0) is 19.0 Å². The molecule has 1 fully saturated rings. The highest BCUT2D eigenvalue weighted by Gasteiger charge is 2.26. The summed E-state index contributed by atoms with van der Waals surface area (Å²) in [4.78, 5) is 10.4. The second-order valence-corrected chi connectivity index (χ2v) is 2.17. The molecule has 2 atom stereocenters. The quantitative estimate of drug-likeness (QED) is 0.543. The van der Waals surface area contributed by atoms with Gasteiger partial charge in [0.05, 0.1) is 13.2 Å². The Hall–Kier alpha value is -0.450. The van der Waals surface area contributed by atoms with Crippen molar-refractivity contribution >= 4 is 6.29 Å². The first-order valence-electron chi connectivity index (χ1n) is 3.68. The predicted octanol–water partition coefficient (Wildman–Crippen LogP) is -0.0367. The van der Waals surface area contributed by atoms with E-state index in [0.29, 0.717) is 26.1 Å². The third kappa shape index (κ3) is 2.25. The lowest BCUT2D eigenvalue weighted by Gasteiger charge is -2.27. The van der Waals surface area contributed by atoms with Crippen molar-refractivity contribution in [3.05, 3.63) is 0 Å². The highest BCUT2D eigenvalue weighted by atomic mass is 16.7. The third-order valence-electron chi connectivity index (χ3n) is 1.41. The van der Waals surface area contributed by atoms with Gasteiger partial charge in [0.15, 0.2) is 18.7 Å². The van der Waals surface area contributed by atoms with Crippen molar-refractivity contribution in [3.8, 4) is 0 Å². The molecular formula is C7H12O4. The minimum Gasteiger partial charge on any atom is -0.363 e. The molecule has 4 heteroatoms. The summed E-state index contributed by atoms with van der Waals surface area (Å²) in [6.07, 6.45) is -0.352. The van der Waals surface area contributed by atoms with Gasteiger partial charge in [-0.2, -0.15) is 0 Å². The maximum absolute atomic E-state index is 10.4. The van der Waals surface area contributed by atoms with Crippen LogP contribution in [0, 0.1) is 0 Å². The van der Waals surface area contributed by atoms with Crippen LogP contribution in [0.1, 0.15) is 6.92 Å². The molecule has 4 nitrogen and oxygen atoms in total. The first-order valence-corrected chi connectivity index (χ1v) is 3.68. The second-order valence-electron chi connectivity index (χ2n) is 2.17. The Morgan fingerprint density at radius 1 is 1.55 bits per heavy atom. The maximum Gasteiger partial charge on any atom is 0.190 e. The molecule has 0 radical (unpaired) electrons. The molecule has 2 unspecified atom stereocenters. The summed E-state index contributed by atoms with van der Waals surface area (Å²) in [5.41, 5.74) is 0. The highest BCUT2D eigenvalue weighted by Crippen LogP contribution is 2.09. The first-order chi connectivity index (χ1) is 5.38. The fraction of sp³-hybridized carbons (Fsp3) is 0.857. The van der Waals surface area contributed by atoms with Crippen molar-refractivity contribution in [2.24, 2.45) is 0 Å². The molecule has 0 aliphatic carbocycles. The molecule has 0 bridgehead atoms. The Morgan fingerprint density at radius 3 is 2.91 bits per heavy atom. The van der Waals surface area contributed by atoms with Crippen molar-refractivity contribution in [1.29, 1.82) is 0 Å². The first kappa shape index (κ1) is 8.64. The number of hydrogen-bond donors (Lipinski definition) is 0. The van der Waals surface area contributed by atoms with E-state index in [4.69, 9.17) is 14.2 Å². The summed E-state index contributed by atoms with van der Waals surface area (Å²) < 4.78 is 15.3. The summed E-state index contributed by atoms with van der Waals surface area (Å²) in [7, 11) is 0. The monoisotopic (exact) mass is 160 g/mol. The smallest absolute Gasteiger partial charge is 0.190 e. The summed E-state index contributed by atoms with van der Waals surface area (Å²) in [6, 6.07) is 0. The Bertz CT molecular complexity index is 124. The van der Waals surface area contributed by atoms with Crippen molar-refractivity contribution in [1.82, 2.24) is 0 Å². The van der Waals surface area contributed by atoms with Crippen LogP contribution < -0.4 is 0 Å². The van der Waals surface area contributed by atoms with Crippen molar-refractivity contribution < 1.29 is 19.0 Å². The summed E-state index contributed by atoms with van der Waals surface area (Å²) in [6.45, 7) is 3.33. The molecule has 0 N–H and O–H groups in total. The zero-order valence-corrected chi connectivity index (χ0v) is 6.49. The standard InChI is InChI=1S/C7H12O4/c1-2-9-7-6(5-8)10-3-4-11-7/h5-7H,2-4H2,1H3. The fourth-order valence-corrected chi connectivity index (χ4v) is 0.933. The van der Waals surface area contributed by atoms with Crippen LogP contribution in [0.25, 0.3) is 0 Å². The molecule has 0 saturated carbocycles. The second kappa shape index (κ2) is 4.43. The molecule has 1 heterocycles. The van der Waals surface area contributed by atoms with E-state index in [-0.39, 0.29) is 0 Å². The van der Waals surface area contributed by atoms with Gasteiger partial charge in [-0.15, -0.1) is 0 Å². The maximum atomic E-state index is 10.4. The number of rotatable bonds is 3. The number of ether oxygens (including phenoxy) is 3. The van der Waals surface area contributed by atoms with E-state index in [9.17, 15) is 4.79 Å². The van der Waals surface area contributed by atoms with Crippen molar-refractivity contribution in [2.45, 2.75) is 19.3 Å². The lowest BCUT2D eigenvalue weighted by molar-refractivity contribution is -0.236. The largest absolute Gasteiger partial charge is 0.363 e. The summed E-state index contributed by atoms with van der Waals surface area (Å²) in [5, 5.41) is 0. The minimum absolute atomic E-state index is 0.465. The zero-order valence-electron chi connectivity index (χ0n) is 6.49. The molecule has 0 aromatic heterocycles. The van der Waals surface area contributed by atoms with E-state index in [2.05, 4.69) is 0 Å². The Morgan fingerprint density at radius 2 is 2.27 bits per heavy atom. The van der Waals surface area contributed by atoms with E-state index >= 15 is 0 Å². The number of aldehydes is 1. The van der Waals surface area contributed by atoms with Gasteiger partial charge >= 0.3 is 0 Å². The molecule has 0 amide bonds. The van der Waals surface area contributed by atoms with E-state index in [1.807, 2.05) is 6.92 Å². The number of carbonyl (C=O) groups excluding carboxylic acids is 1. The number of hydrogen-bond acceptors (Lipinski definition) is 4. The van der Waals surface area contributed by atoms with E-state index in [0.717, 1.165) is 0 Å². The molecule has 64 valence electrons.